The number of benzene rings is 1. The predicted octanol–water partition coefficient (Wildman–Crippen LogP) is 3.33. The first-order valence-electron chi connectivity index (χ1n) is 5.96. The summed E-state index contributed by atoms with van der Waals surface area (Å²) < 4.78 is 0. The molecule has 0 aliphatic carbocycles. The Hall–Kier alpha value is -1.67. The van der Waals surface area contributed by atoms with Gasteiger partial charge in [0.2, 0.25) is 0 Å². The van der Waals surface area contributed by atoms with Crippen molar-refractivity contribution in [2.24, 2.45) is 5.73 Å². The van der Waals surface area contributed by atoms with E-state index in [4.69, 9.17) is 5.73 Å². The fourth-order valence-corrected chi connectivity index (χ4v) is 1.75. The predicted molar refractivity (Wildman–Crippen MR) is 71.7 cm³/mol. The topological polar surface area (TPSA) is 38.9 Å². The van der Waals surface area contributed by atoms with Gasteiger partial charge < -0.3 is 5.73 Å². The van der Waals surface area contributed by atoms with Gasteiger partial charge in [-0.2, -0.15) is 0 Å². The molecule has 2 N–H and O–H groups in total. The molecule has 2 heteroatoms. The summed E-state index contributed by atoms with van der Waals surface area (Å²) in [5, 5.41) is 0. The molecular formula is C15H18N2. The number of hydrogen-bond acceptors (Lipinski definition) is 2. The average molecular weight is 226 g/mol. The first-order valence-corrected chi connectivity index (χ1v) is 5.96. The van der Waals surface area contributed by atoms with Crippen molar-refractivity contribution in [3.63, 3.8) is 0 Å². The van der Waals surface area contributed by atoms with E-state index in [9.17, 15) is 0 Å². The normalized spacial score (nSPS) is 10.8. The van der Waals surface area contributed by atoms with Gasteiger partial charge in [-0.3, -0.25) is 4.98 Å². The Morgan fingerprint density at radius 3 is 2.24 bits per heavy atom. The minimum atomic E-state index is 0.541. The molecule has 1 aromatic heterocycles. The van der Waals surface area contributed by atoms with Crippen LogP contribution < -0.4 is 5.73 Å². The van der Waals surface area contributed by atoms with Crippen LogP contribution in [0.2, 0.25) is 0 Å². The first kappa shape index (κ1) is 11.8. The summed E-state index contributed by atoms with van der Waals surface area (Å²) in [5.41, 5.74) is 10.1. The Balaban J connectivity index is 2.26. The van der Waals surface area contributed by atoms with Crippen molar-refractivity contribution in [2.45, 2.75) is 26.3 Å². The molecule has 2 nitrogen and oxygen atoms in total. The van der Waals surface area contributed by atoms with Crippen LogP contribution in [0.25, 0.3) is 11.3 Å². The Bertz CT molecular complexity index is 469. The SMILES string of the molecule is CC(C)c1ccc(-c2ccc(CN)cn2)cc1. The second-order valence-corrected chi connectivity index (χ2v) is 4.53. The second kappa shape index (κ2) is 5.11. The lowest BCUT2D eigenvalue weighted by Crippen LogP contribution is -1.97. The van der Waals surface area contributed by atoms with Gasteiger partial charge in [0.25, 0.3) is 0 Å². The molecule has 17 heavy (non-hydrogen) atoms. The fraction of sp³-hybridized carbons (Fsp3) is 0.267. The van der Waals surface area contributed by atoms with E-state index < -0.39 is 0 Å². The highest BCUT2D eigenvalue weighted by molar-refractivity contribution is 5.59. The Kier molecular flexibility index (Phi) is 3.55. The highest BCUT2D eigenvalue weighted by atomic mass is 14.7. The number of nitrogens with two attached hydrogens (primary N) is 1. The van der Waals surface area contributed by atoms with Crippen LogP contribution >= 0.6 is 0 Å². The molecule has 0 fully saturated rings. The summed E-state index contributed by atoms with van der Waals surface area (Å²) in [6.45, 7) is 4.94. The molecule has 0 aliphatic rings. The molecule has 0 radical (unpaired) electrons. The number of rotatable bonds is 3. The molecule has 0 unspecified atom stereocenters. The van der Waals surface area contributed by atoms with Crippen molar-refractivity contribution < 1.29 is 0 Å². The lowest BCUT2D eigenvalue weighted by molar-refractivity contribution is 0.867. The fourth-order valence-electron chi connectivity index (χ4n) is 1.75. The minimum absolute atomic E-state index is 0.541. The minimum Gasteiger partial charge on any atom is -0.326 e. The van der Waals surface area contributed by atoms with Crippen molar-refractivity contribution in [3.05, 3.63) is 53.7 Å². The van der Waals surface area contributed by atoms with E-state index in [1.165, 1.54) is 5.56 Å². The Labute approximate surface area is 103 Å². The average Bonchev–Trinajstić information content (AvgIpc) is 2.39. The van der Waals surface area contributed by atoms with Crippen molar-refractivity contribution in [1.29, 1.82) is 0 Å². The molecule has 0 spiro atoms. The van der Waals surface area contributed by atoms with E-state index in [1.807, 2.05) is 18.3 Å². The quantitative estimate of drug-likeness (QED) is 0.871. The van der Waals surface area contributed by atoms with E-state index in [0.717, 1.165) is 16.8 Å². The molecule has 2 aromatic rings. The van der Waals surface area contributed by atoms with Crippen LogP contribution in [-0.2, 0) is 6.54 Å². The maximum absolute atomic E-state index is 5.55. The van der Waals surface area contributed by atoms with Crippen molar-refractivity contribution >= 4 is 0 Å². The smallest absolute Gasteiger partial charge is 0.0702 e. The van der Waals surface area contributed by atoms with Gasteiger partial charge in [-0.05, 0) is 23.1 Å². The molecule has 0 aliphatic heterocycles. The van der Waals surface area contributed by atoms with Crippen LogP contribution in [0.5, 0.6) is 0 Å². The zero-order valence-electron chi connectivity index (χ0n) is 10.4. The van der Waals surface area contributed by atoms with Crippen LogP contribution in [0, 0.1) is 0 Å². The van der Waals surface area contributed by atoms with Crippen LogP contribution in [0.15, 0.2) is 42.6 Å². The van der Waals surface area contributed by atoms with Crippen LogP contribution in [0.3, 0.4) is 0 Å². The lowest BCUT2D eigenvalue weighted by Gasteiger charge is -2.07. The maximum Gasteiger partial charge on any atom is 0.0702 e. The van der Waals surface area contributed by atoms with Gasteiger partial charge in [-0.1, -0.05) is 44.2 Å². The third-order valence-corrected chi connectivity index (χ3v) is 2.93. The van der Waals surface area contributed by atoms with Crippen molar-refractivity contribution in [1.82, 2.24) is 4.98 Å². The van der Waals surface area contributed by atoms with Crippen LogP contribution in [-0.4, -0.2) is 4.98 Å². The molecule has 0 saturated carbocycles. The van der Waals surface area contributed by atoms with E-state index in [0.29, 0.717) is 12.5 Å². The third kappa shape index (κ3) is 2.71. The third-order valence-electron chi connectivity index (χ3n) is 2.93. The molecule has 88 valence electrons. The molecule has 0 bridgehead atoms. The van der Waals surface area contributed by atoms with Gasteiger partial charge in [0.15, 0.2) is 0 Å². The maximum atomic E-state index is 5.55. The molecule has 0 amide bonds. The Morgan fingerprint density at radius 1 is 1.06 bits per heavy atom. The van der Waals surface area contributed by atoms with Crippen LogP contribution in [0.4, 0.5) is 0 Å². The largest absolute Gasteiger partial charge is 0.326 e. The summed E-state index contributed by atoms with van der Waals surface area (Å²) in [6.07, 6.45) is 1.84. The Morgan fingerprint density at radius 2 is 1.76 bits per heavy atom. The highest BCUT2D eigenvalue weighted by Gasteiger charge is 2.01. The second-order valence-electron chi connectivity index (χ2n) is 4.53. The standard InChI is InChI=1S/C15H18N2/c1-11(2)13-4-6-14(7-5-13)15-8-3-12(9-16)10-17-15/h3-8,10-11H,9,16H2,1-2H3. The number of aromatic nitrogens is 1. The van der Waals surface area contributed by atoms with Gasteiger partial charge in [0, 0.05) is 18.3 Å². The van der Waals surface area contributed by atoms with Crippen molar-refractivity contribution in [3.8, 4) is 11.3 Å². The number of nitrogens with zero attached hydrogens (tertiary/aromatic N) is 1. The van der Waals surface area contributed by atoms with E-state index >= 15 is 0 Å². The van der Waals surface area contributed by atoms with Crippen LogP contribution in [0.1, 0.15) is 30.9 Å². The van der Waals surface area contributed by atoms with E-state index in [2.05, 4.69) is 43.1 Å². The molecule has 1 heterocycles. The summed E-state index contributed by atoms with van der Waals surface area (Å²) in [6, 6.07) is 12.6. The van der Waals surface area contributed by atoms with E-state index in [1.54, 1.807) is 0 Å². The summed E-state index contributed by atoms with van der Waals surface area (Å²) in [4.78, 5) is 4.41. The molecule has 1 aromatic carbocycles. The van der Waals surface area contributed by atoms with Crippen molar-refractivity contribution in [2.75, 3.05) is 0 Å². The monoisotopic (exact) mass is 226 g/mol. The van der Waals surface area contributed by atoms with Gasteiger partial charge in [-0.15, -0.1) is 0 Å². The molecular weight excluding hydrogens is 208 g/mol. The zero-order chi connectivity index (χ0) is 12.3. The number of pyridine rings is 1. The van der Waals surface area contributed by atoms with E-state index in [-0.39, 0.29) is 0 Å². The zero-order valence-corrected chi connectivity index (χ0v) is 10.4. The highest BCUT2D eigenvalue weighted by Crippen LogP contribution is 2.21. The molecule has 2 rings (SSSR count). The first-order chi connectivity index (χ1) is 8.20. The summed E-state index contributed by atoms with van der Waals surface area (Å²) in [5.74, 6) is 0.566. The summed E-state index contributed by atoms with van der Waals surface area (Å²) >= 11 is 0. The molecule has 0 atom stereocenters. The lowest BCUT2D eigenvalue weighted by atomic mass is 10.0. The molecule has 0 saturated heterocycles. The van der Waals surface area contributed by atoms with Gasteiger partial charge in [0.05, 0.1) is 5.69 Å². The number of hydrogen-bond donors (Lipinski definition) is 1. The van der Waals surface area contributed by atoms with Gasteiger partial charge in [0.1, 0.15) is 0 Å². The van der Waals surface area contributed by atoms with Gasteiger partial charge in [-0.25, -0.2) is 0 Å². The van der Waals surface area contributed by atoms with Gasteiger partial charge >= 0.3 is 0 Å². The summed E-state index contributed by atoms with van der Waals surface area (Å²) in [7, 11) is 0.